The molecule has 1 saturated carbocycles. The summed E-state index contributed by atoms with van der Waals surface area (Å²) in [5.74, 6) is -0.960. The number of ether oxygens (including phenoxy) is 1. The van der Waals surface area contributed by atoms with Crippen molar-refractivity contribution in [3.63, 3.8) is 0 Å². The second-order valence-corrected chi connectivity index (χ2v) is 6.14. The number of likely N-dealkylation sites (N-methyl/N-ethyl adjacent to an activating group) is 1. The van der Waals surface area contributed by atoms with Crippen LogP contribution < -0.4 is 0 Å². The zero-order valence-corrected chi connectivity index (χ0v) is 13.8. The van der Waals surface area contributed by atoms with Crippen LogP contribution in [0.5, 0.6) is 0 Å². The Labute approximate surface area is 137 Å². The van der Waals surface area contributed by atoms with Crippen LogP contribution in [0.25, 0.3) is 0 Å². The molecular formula is C18H25NO4. The van der Waals surface area contributed by atoms with Gasteiger partial charge in [-0.15, -0.1) is 0 Å². The molecule has 23 heavy (non-hydrogen) atoms. The van der Waals surface area contributed by atoms with Crippen molar-refractivity contribution in [1.82, 2.24) is 4.90 Å². The molecule has 1 fully saturated rings. The molecule has 0 radical (unpaired) electrons. The number of carbonyl (C=O) groups is 2. The summed E-state index contributed by atoms with van der Waals surface area (Å²) >= 11 is 0. The largest absolute Gasteiger partial charge is 0.478 e. The molecule has 0 saturated heterocycles. The third kappa shape index (κ3) is 4.79. The molecule has 0 bridgehead atoms. The molecule has 0 aliphatic heterocycles. The zero-order valence-electron chi connectivity index (χ0n) is 13.8. The van der Waals surface area contributed by atoms with Crippen LogP contribution in [0.15, 0.2) is 24.3 Å². The van der Waals surface area contributed by atoms with Crippen molar-refractivity contribution in [1.29, 1.82) is 0 Å². The smallest absolute Gasteiger partial charge is 0.335 e. The molecule has 1 aliphatic carbocycles. The van der Waals surface area contributed by atoms with Crippen LogP contribution in [0.4, 0.5) is 0 Å². The lowest BCUT2D eigenvalue weighted by Gasteiger charge is -2.25. The van der Waals surface area contributed by atoms with Gasteiger partial charge in [-0.2, -0.15) is 0 Å². The van der Waals surface area contributed by atoms with E-state index in [1.807, 2.05) is 6.92 Å². The van der Waals surface area contributed by atoms with E-state index in [1.54, 1.807) is 36.2 Å². The van der Waals surface area contributed by atoms with Crippen LogP contribution in [-0.2, 0) is 16.1 Å². The summed E-state index contributed by atoms with van der Waals surface area (Å²) in [6.07, 6.45) is 4.95. The van der Waals surface area contributed by atoms with Crippen LogP contribution >= 0.6 is 0 Å². The van der Waals surface area contributed by atoms with Crippen LogP contribution in [0.1, 0.15) is 54.9 Å². The second-order valence-electron chi connectivity index (χ2n) is 6.14. The molecule has 1 unspecified atom stereocenters. The van der Waals surface area contributed by atoms with Crippen molar-refractivity contribution in [3.05, 3.63) is 35.4 Å². The summed E-state index contributed by atoms with van der Waals surface area (Å²) in [7, 11) is 1.76. The highest BCUT2D eigenvalue weighted by Gasteiger charge is 2.26. The van der Waals surface area contributed by atoms with Crippen molar-refractivity contribution in [3.8, 4) is 0 Å². The van der Waals surface area contributed by atoms with Crippen molar-refractivity contribution < 1.29 is 19.4 Å². The molecule has 1 aromatic carbocycles. The predicted molar refractivity (Wildman–Crippen MR) is 87.3 cm³/mol. The van der Waals surface area contributed by atoms with Gasteiger partial charge in [0.1, 0.15) is 6.10 Å². The van der Waals surface area contributed by atoms with Gasteiger partial charge in [0.2, 0.25) is 0 Å². The number of aromatic carboxylic acids is 1. The average molecular weight is 319 g/mol. The summed E-state index contributed by atoms with van der Waals surface area (Å²) in [6, 6.07) is 6.60. The molecule has 126 valence electrons. The predicted octanol–water partition coefficient (Wildman–Crippen LogP) is 3.08. The number of rotatable bonds is 7. The molecule has 0 heterocycles. The Morgan fingerprint density at radius 3 is 2.39 bits per heavy atom. The monoisotopic (exact) mass is 319 g/mol. The maximum atomic E-state index is 12.5. The summed E-state index contributed by atoms with van der Waals surface area (Å²) in [5, 5.41) is 8.91. The maximum absolute atomic E-state index is 12.5. The number of carboxylic acids is 1. The van der Waals surface area contributed by atoms with Crippen molar-refractivity contribution in [2.24, 2.45) is 0 Å². The highest BCUT2D eigenvalue weighted by atomic mass is 16.5. The number of nitrogens with zero attached hydrogens (tertiary/aromatic N) is 1. The number of carbonyl (C=O) groups excluding carboxylic acids is 1. The highest BCUT2D eigenvalue weighted by Crippen LogP contribution is 2.23. The molecule has 0 aromatic heterocycles. The Morgan fingerprint density at radius 1 is 1.26 bits per heavy atom. The van der Waals surface area contributed by atoms with E-state index in [0.717, 1.165) is 18.4 Å². The molecule has 1 aliphatic rings. The number of amides is 1. The average Bonchev–Trinajstić information content (AvgIpc) is 3.05. The standard InChI is InChI=1S/C18H25NO4/c1-3-16(23-15-6-4-5-7-15)17(20)19(2)12-13-8-10-14(11-9-13)18(21)22/h8-11,15-16H,3-7,12H2,1-2H3,(H,21,22). The lowest BCUT2D eigenvalue weighted by Crippen LogP contribution is -2.39. The first-order valence-electron chi connectivity index (χ1n) is 8.24. The fraction of sp³-hybridized carbons (Fsp3) is 0.556. The zero-order chi connectivity index (χ0) is 16.8. The van der Waals surface area contributed by atoms with Gasteiger partial charge in [0, 0.05) is 13.6 Å². The summed E-state index contributed by atoms with van der Waals surface area (Å²) in [6.45, 7) is 2.41. The van der Waals surface area contributed by atoms with Gasteiger partial charge < -0.3 is 14.7 Å². The molecule has 0 spiro atoms. The van der Waals surface area contributed by atoms with E-state index in [0.29, 0.717) is 13.0 Å². The molecule has 5 nitrogen and oxygen atoms in total. The van der Waals surface area contributed by atoms with Crippen LogP contribution in [0.2, 0.25) is 0 Å². The number of benzene rings is 1. The number of hydrogen-bond acceptors (Lipinski definition) is 3. The van der Waals surface area contributed by atoms with Gasteiger partial charge in [-0.3, -0.25) is 4.79 Å². The number of carboxylic acid groups (broad SMARTS) is 1. The van der Waals surface area contributed by atoms with Gasteiger partial charge in [-0.1, -0.05) is 31.9 Å². The maximum Gasteiger partial charge on any atom is 0.335 e. The van der Waals surface area contributed by atoms with E-state index in [2.05, 4.69) is 0 Å². The minimum Gasteiger partial charge on any atom is -0.478 e. The van der Waals surface area contributed by atoms with Crippen molar-refractivity contribution in [2.75, 3.05) is 7.05 Å². The Bertz CT molecular complexity index is 534. The topological polar surface area (TPSA) is 66.8 Å². The lowest BCUT2D eigenvalue weighted by molar-refractivity contribution is -0.147. The fourth-order valence-corrected chi connectivity index (χ4v) is 2.94. The van der Waals surface area contributed by atoms with Gasteiger partial charge in [0.25, 0.3) is 5.91 Å². The van der Waals surface area contributed by atoms with Gasteiger partial charge >= 0.3 is 5.97 Å². The van der Waals surface area contributed by atoms with Crippen LogP contribution in [0.3, 0.4) is 0 Å². The minimum atomic E-state index is -0.947. The van der Waals surface area contributed by atoms with E-state index in [1.165, 1.54) is 12.8 Å². The molecule has 1 aromatic rings. The second kappa shape index (κ2) is 8.11. The fourth-order valence-electron chi connectivity index (χ4n) is 2.94. The van der Waals surface area contributed by atoms with Gasteiger partial charge in [0.15, 0.2) is 0 Å². The minimum absolute atomic E-state index is 0.0123. The van der Waals surface area contributed by atoms with E-state index >= 15 is 0 Å². The Kier molecular flexibility index (Phi) is 6.16. The van der Waals surface area contributed by atoms with Gasteiger partial charge in [0.05, 0.1) is 11.7 Å². The summed E-state index contributed by atoms with van der Waals surface area (Å²) < 4.78 is 5.96. The summed E-state index contributed by atoms with van der Waals surface area (Å²) in [4.78, 5) is 25.1. The van der Waals surface area contributed by atoms with E-state index in [9.17, 15) is 9.59 Å². The lowest BCUT2D eigenvalue weighted by atomic mass is 10.1. The molecule has 2 rings (SSSR count). The Balaban J connectivity index is 1.93. The van der Waals surface area contributed by atoms with E-state index < -0.39 is 5.97 Å². The Hall–Kier alpha value is -1.88. The molecule has 5 heteroatoms. The molecule has 1 atom stereocenters. The highest BCUT2D eigenvalue weighted by molar-refractivity contribution is 5.87. The third-order valence-electron chi connectivity index (χ3n) is 4.30. The molecule has 1 N–H and O–H groups in total. The van der Waals surface area contributed by atoms with Crippen LogP contribution in [-0.4, -0.2) is 41.1 Å². The van der Waals surface area contributed by atoms with Crippen LogP contribution in [0, 0.1) is 0 Å². The SMILES string of the molecule is CCC(OC1CCCC1)C(=O)N(C)Cc1ccc(C(=O)O)cc1. The normalized spacial score (nSPS) is 16.3. The summed E-state index contributed by atoms with van der Waals surface area (Å²) in [5.41, 5.74) is 1.15. The van der Waals surface area contributed by atoms with E-state index in [-0.39, 0.29) is 23.7 Å². The van der Waals surface area contributed by atoms with Gasteiger partial charge in [-0.05, 0) is 37.0 Å². The first-order chi connectivity index (χ1) is 11.0. The Morgan fingerprint density at radius 2 is 1.87 bits per heavy atom. The first kappa shape index (κ1) is 17.5. The molecule has 1 amide bonds. The molecular weight excluding hydrogens is 294 g/mol. The first-order valence-corrected chi connectivity index (χ1v) is 8.24. The van der Waals surface area contributed by atoms with Gasteiger partial charge in [-0.25, -0.2) is 4.79 Å². The third-order valence-corrected chi connectivity index (χ3v) is 4.30. The number of hydrogen-bond donors (Lipinski definition) is 1. The van der Waals surface area contributed by atoms with Crippen molar-refractivity contribution >= 4 is 11.9 Å². The quantitative estimate of drug-likeness (QED) is 0.838. The van der Waals surface area contributed by atoms with E-state index in [4.69, 9.17) is 9.84 Å². The van der Waals surface area contributed by atoms with Crippen molar-refractivity contribution in [2.45, 2.75) is 57.8 Å².